The maximum atomic E-state index is 13.0. The van der Waals surface area contributed by atoms with Crippen LogP contribution in [0.3, 0.4) is 0 Å². The molecular formula is C29H33N3O2. The molecule has 1 unspecified atom stereocenters. The normalized spacial score (nSPS) is 12.0. The van der Waals surface area contributed by atoms with Crippen LogP contribution in [-0.4, -0.2) is 22.1 Å². The van der Waals surface area contributed by atoms with E-state index >= 15 is 0 Å². The van der Waals surface area contributed by atoms with Gasteiger partial charge in [-0.25, -0.2) is 4.98 Å². The van der Waals surface area contributed by atoms with E-state index in [1.165, 1.54) is 5.56 Å². The molecule has 1 N–H and O–H groups in total. The SMILES string of the molecule is CCc1ccc(OCCCn2c(C(C)NC(=O)c3ccc(C)cc3C)nc3ccccc32)cc1. The summed E-state index contributed by atoms with van der Waals surface area (Å²) in [4.78, 5) is 17.8. The Bertz CT molecular complexity index is 1270. The highest BCUT2D eigenvalue weighted by atomic mass is 16.5. The van der Waals surface area contributed by atoms with Gasteiger partial charge in [0, 0.05) is 12.1 Å². The molecule has 4 aromatic rings. The molecule has 1 aromatic heterocycles. The summed E-state index contributed by atoms with van der Waals surface area (Å²) in [6, 6.07) is 22.0. The first-order valence-electron chi connectivity index (χ1n) is 12.0. The van der Waals surface area contributed by atoms with Gasteiger partial charge in [0.25, 0.3) is 5.91 Å². The molecule has 0 saturated heterocycles. The summed E-state index contributed by atoms with van der Waals surface area (Å²) in [5, 5.41) is 3.15. The van der Waals surface area contributed by atoms with Gasteiger partial charge in [0.2, 0.25) is 0 Å². The van der Waals surface area contributed by atoms with E-state index in [-0.39, 0.29) is 11.9 Å². The summed E-state index contributed by atoms with van der Waals surface area (Å²) in [7, 11) is 0. The first-order chi connectivity index (χ1) is 16.5. The quantitative estimate of drug-likeness (QED) is 0.307. The Morgan fingerprint density at radius 3 is 2.56 bits per heavy atom. The Hall–Kier alpha value is -3.60. The first-order valence-corrected chi connectivity index (χ1v) is 12.0. The lowest BCUT2D eigenvalue weighted by molar-refractivity contribution is 0.0937. The van der Waals surface area contributed by atoms with Gasteiger partial charge in [0.1, 0.15) is 11.6 Å². The van der Waals surface area contributed by atoms with E-state index in [2.05, 4.69) is 35.0 Å². The fraction of sp³-hybridized carbons (Fsp3) is 0.310. The molecule has 34 heavy (non-hydrogen) atoms. The first kappa shape index (κ1) is 23.6. The Morgan fingerprint density at radius 1 is 1.06 bits per heavy atom. The van der Waals surface area contributed by atoms with Crippen molar-refractivity contribution in [2.24, 2.45) is 0 Å². The molecule has 1 amide bonds. The topological polar surface area (TPSA) is 56.1 Å². The largest absolute Gasteiger partial charge is 0.494 e. The molecule has 0 saturated carbocycles. The molecule has 0 radical (unpaired) electrons. The van der Waals surface area contributed by atoms with Crippen molar-refractivity contribution in [3.63, 3.8) is 0 Å². The molecule has 0 aliphatic carbocycles. The zero-order valence-corrected chi connectivity index (χ0v) is 20.5. The van der Waals surface area contributed by atoms with Gasteiger partial charge in [0.15, 0.2) is 0 Å². The smallest absolute Gasteiger partial charge is 0.252 e. The van der Waals surface area contributed by atoms with Crippen molar-refractivity contribution >= 4 is 16.9 Å². The number of amides is 1. The highest BCUT2D eigenvalue weighted by Gasteiger charge is 2.19. The predicted molar refractivity (Wildman–Crippen MR) is 137 cm³/mol. The van der Waals surface area contributed by atoms with Crippen LogP contribution in [0.4, 0.5) is 0 Å². The van der Waals surface area contributed by atoms with Crippen molar-refractivity contribution in [2.45, 2.75) is 53.1 Å². The summed E-state index contributed by atoms with van der Waals surface area (Å²) in [6.45, 7) is 9.51. The molecule has 0 aliphatic rings. The van der Waals surface area contributed by atoms with Gasteiger partial charge in [-0.15, -0.1) is 0 Å². The number of nitrogens with zero attached hydrogens (tertiary/aromatic N) is 2. The van der Waals surface area contributed by atoms with Gasteiger partial charge in [-0.05, 0) is 75.1 Å². The highest BCUT2D eigenvalue weighted by molar-refractivity contribution is 5.96. The Morgan fingerprint density at radius 2 is 1.82 bits per heavy atom. The molecule has 1 heterocycles. The van der Waals surface area contributed by atoms with Crippen molar-refractivity contribution < 1.29 is 9.53 Å². The second-order valence-electron chi connectivity index (χ2n) is 8.82. The predicted octanol–water partition coefficient (Wildman–Crippen LogP) is 6.18. The van der Waals surface area contributed by atoms with Crippen molar-refractivity contribution in [1.82, 2.24) is 14.9 Å². The van der Waals surface area contributed by atoms with Crippen molar-refractivity contribution in [3.8, 4) is 5.75 Å². The number of benzene rings is 3. The number of hydrogen-bond acceptors (Lipinski definition) is 3. The number of nitrogens with one attached hydrogen (secondary N) is 1. The summed E-state index contributed by atoms with van der Waals surface area (Å²) in [5.74, 6) is 1.66. The molecule has 0 spiro atoms. The Balaban J connectivity index is 1.47. The Labute approximate surface area is 201 Å². The minimum Gasteiger partial charge on any atom is -0.494 e. The van der Waals surface area contributed by atoms with Gasteiger partial charge in [-0.2, -0.15) is 0 Å². The van der Waals surface area contributed by atoms with Crippen LogP contribution in [0, 0.1) is 13.8 Å². The maximum absolute atomic E-state index is 13.0. The minimum absolute atomic E-state index is 0.0811. The third-order valence-corrected chi connectivity index (χ3v) is 6.17. The second kappa shape index (κ2) is 10.6. The molecule has 176 valence electrons. The van der Waals surface area contributed by atoms with Crippen LogP contribution in [0.1, 0.15) is 59.2 Å². The average molecular weight is 456 g/mol. The Kier molecular flexibility index (Phi) is 7.31. The molecular weight excluding hydrogens is 422 g/mol. The molecule has 1 atom stereocenters. The lowest BCUT2D eigenvalue weighted by Gasteiger charge is -2.17. The van der Waals surface area contributed by atoms with Crippen LogP contribution in [0.5, 0.6) is 5.75 Å². The summed E-state index contributed by atoms with van der Waals surface area (Å²) >= 11 is 0. The lowest BCUT2D eigenvalue weighted by Crippen LogP contribution is -2.29. The summed E-state index contributed by atoms with van der Waals surface area (Å²) in [6.07, 6.45) is 1.86. The molecule has 3 aromatic carbocycles. The zero-order chi connectivity index (χ0) is 24.1. The number of fused-ring (bicyclic) bond motifs is 1. The number of ether oxygens (including phenoxy) is 1. The average Bonchev–Trinajstić information content (AvgIpc) is 3.21. The molecule has 0 aliphatic heterocycles. The number of aromatic nitrogens is 2. The number of hydrogen-bond donors (Lipinski definition) is 1. The van der Waals surface area contributed by atoms with Gasteiger partial charge in [-0.3, -0.25) is 4.79 Å². The van der Waals surface area contributed by atoms with E-state index < -0.39 is 0 Å². The second-order valence-corrected chi connectivity index (χ2v) is 8.82. The van der Waals surface area contributed by atoms with Gasteiger partial charge in [-0.1, -0.05) is 48.9 Å². The van der Waals surface area contributed by atoms with Gasteiger partial charge in [0.05, 0.1) is 23.7 Å². The highest BCUT2D eigenvalue weighted by Crippen LogP contribution is 2.22. The van der Waals surface area contributed by atoms with Crippen molar-refractivity contribution in [1.29, 1.82) is 0 Å². The third-order valence-electron chi connectivity index (χ3n) is 6.17. The van der Waals surface area contributed by atoms with Crippen LogP contribution in [-0.2, 0) is 13.0 Å². The fourth-order valence-corrected chi connectivity index (χ4v) is 4.30. The van der Waals surface area contributed by atoms with E-state index in [0.29, 0.717) is 12.2 Å². The third kappa shape index (κ3) is 5.30. The molecule has 5 nitrogen and oxygen atoms in total. The van der Waals surface area contributed by atoms with E-state index in [0.717, 1.165) is 53.1 Å². The molecule has 0 bridgehead atoms. The lowest BCUT2D eigenvalue weighted by atomic mass is 10.0. The summed E-state index contributed by atoms with van der Waals surface area (Å²) < 4.78 is 8.16. The zero-order valence-electron chi connectivity index (χ0n) is 20.5. The standard InChI is InChI=1S/C29H33N3O2/c1-5-23-12-14-24(15-13-23)34-18-8-17-32-27-10-7-6-9-26(27)31-28(32)22(4)30-29(33)25-16-11-20(2)19-21(25)3/h6-7,9-16,19,22H,5,8,17-18H2,1-4H3,(H,30,33). The number of carbonyl (C=O) groups is 1. The number of aryl methyl sites for hydroxylation is 4. The van der Waals surface area contributed by atoms with Gasteiger partial charge >= 0.3 is 0 Å². The van der Waals surface area contributed by atoms with Gasteiger partial charge < -0.3 is 14.6 Å². The monoisotopic (exact) mass is 455 g/mol. The van der Waals surface area contributed by atoms with E-state index in [4.69, 9.17) is 9.72 Å². The molecule has 4 rings (SSSR count). The number of rotatable bonds is 9. The van der Waals surface area contributed by atoms with Crippen molar-refractivity contribution in [2.75, 3.05) is 6.61 Å². The fourth-order valence-electron chi connectivity index (χ4n) is 4.30. The van der Waals surface area contributed by atoms with Crippen LogP contribution in [0.15, 0.2) is 66.7 Å². The van der Waals surface area contributed by atoms with Crippen LogP contribution >= 0.6 is 0 Å². The van der Waals surface area contributed by atoms with E-state index in [9.17, 15) is 4.79 Å². The van der Waals surface area contributed by atoms with Crippen molar-refractivity contribution in [3.05, 3.63) is 94.8 Å². The van der Waals surface area contributed by atoms with Crippen LogP contribution < -0.4 is 10.1 Å². The van der Waals surface area contributed by atoms with E-state index in [1.807, 2.05) is 69.3 Å². The van der Waals surface area contributed by atoms with Crippen LogP contribution in [0.25, 0.3) is 11.0 Å². The number of imidazole rings is 1. The number of carbonyl (C=O) groups excluding carboxylic acids is 1. The summed E-state index contributed by atoms with van der Waals surface area (Å²) in [5.41, 5.74) is 6.12. The molecule has 0 fully saturated rings. The van der Waals surface area contributed by atoms with E-state index in [1.54, 1.807) is 0 Å². The number of para-hydroxylation sites is 2. The maximum Gasteiger partial charge on any atom is 0.252 e. The van der Waals surface area contributed by atoms with Crippen LogP contribution in [0.2, 0.25) is 0 Å². The molecule has 5 heteroatoms. The minimum atomic E-state index is -0.233.